The minimum Gasteiger partial charge on any atom is -0.479 e. The quantitative estimate of drug-likeness (QED) is 0.475. The monoisotopic (exact) mass is 520 g/mol. The lowest BCUT2D eigenvalue weighted by Gasteiger charge is -2.29. The molecule has 0 N–H and O–H groups in total. The molecule has 1 aliphatic rings. The maximum atomic E-state index is 13.7. The van der Waals surface area contributed by atoms with Gasteiger partial charge < -0.3 is 9.64 Å². The molecule has 0 fully saturated rings. The maximum absolute atomic E-state index is 13.7. The van der Waals surface area contributed by atoms with Crippen LogP contribution in [-0.2, 0) is 4.79 Å². The van der Waals surface area contributed by atoms with Crippen LogP contribution in [0.15, 0.2) is 69.6 Å². The molecule has 184 valence electrons. The molecule has 0 aliphatic carbocycles. The third-order valence-corrected chi connectivity index (χ3v) is 7.18. The largest absolute Gasteiger partial charge is 0.479 e. The highest BCUT2D eigenvalue weighted by Crippen LogP contribution is 2.31. The molecule has 2 heterocycles. The predicted molar refractivity (Wildman–Crippen MR) is 141 cm³/mol. The van der Waals surface area contributed by atoms with Gasteiger partial charge in [-0.05, 0) is 62.2 Å². The summed E-state index contributed by atoms with van der Waals surface area (Å²) in [5.41, 5.74) is 2.37. The Hall–Kier alpha value is -3.67. The van der Waals surface area contributed by atoms with Gasteiger partial charge in [0.2, 0.25) is 0 Å². The molecule has 1 aliphatic heterocycles. The minimum absolute atomic E-state index is 0.0602. The molecule has 0 bridgehead atoms. The number of likely N-dealkylation sites (N-methyl/N-ethyl adjacent to an activating group) is 1. The van der Waals surface area contributed by atoms with Crippen molar-refractivity contribution in [1.29, 1.82) is 5.26 Å². The van der Waals surface area contributed by atoms with Crippen molar-refractivity contribution in [3.63, 3.8) is 0 Å². The van der Waals surface area contributed by atoms with Gasteiger partial charge in [-0.15, -0.1) is 0 Å². The molecule has 0 radical (unpaired) electrons. The third kappa shape index (κ3) is 4.99. The molecular formula is C27H25ClN4O3S. The first-order valence-electron chi connectivity index (χ1n) is 11.5. The van der Waals surface area contributed by atoms with E-state index in [1.807, 2.05) is 45.0 Å². The van der Waals surface area contributed by atoms with Crippen molar-refractivity contribution < 1.29 is 9.53 Å². The summed E-state index contributed by atoms with van der Waals surface area (Å²) in [6.07, 6.45) is 1.77. The third-order valence-electron chi connectivity index (χ3n) is 5.95. The number of thiazole rings is 1. The number of halogens is 1. The Balaban J connectivity index is 1.90. The fraction of sp³-hybridized carbons (Fsp3) is 0.259. The van der Waals surface area contributed by atoms with Gasteiger partial charge in [-0.25, -0.2) is 4.99 Å². The zero-order chi connectivity index (χ0) is 25.8. The number of ether oxygens (including phenoxy) is 1. The summed E-state index contributed by atoms with van der Waals surface area (Å²) in [5.74, 6) is 0.401. The number of hydrogen-bond donors (Lipinski definition) is 0. The van der Waals surface area contributed by atoms with Crippen molar-refractivity contribution in [2.75, 3.05) is 19.7 Å². The van der Waals surface area contributed by atoms with E-state index < -0.39 is 6.04 Å². The van der Waals surface area contributed by atoms with Gasteiger partial charge in [0.05, 0.1) is 21.8 Å². The van der Waals surface area contributed by atoms with Crippen molar-refractivity contribution in [3.8, 4) is 11.8 Å². The molecule has 3 aromatic rings. The number of benzene rings is 2. The van der Waals surface area contributed by atoms with Gasteiger partial charge in [0, 0.05) is 18.1 Å². The van der Waals surface area contributed by atoms with E-state index in [4.69, 9.17) is 21.6 Å². The zero-order valence-electron chi connectivity index (χ0n) is 20.2. The normalized spacial score (nSPS) is 15.2. The minimum atomic E-state index is -0.626. The highest BCUT2D eigenvalue weighted by Gasteiger charge is 2.34. The predicted octanol–water partition coefficient (Wildman–Crippen LogP) is 3.66. The number of hydrogen-bond acceptors (Lipinski definition) is 6. The first-order chi connectivity index (χ1) is 17.4. The molecule has 0 saturated carbocycles. The van der Waals surface area contributed by atoms with Crippen molar-refractivity contribution in [2.24, 2.45) is 4.99 Å². The molecule has 36 heavy (non-hydrogen) atoms. The molecule has 4 rings (SSSR count). The number of carbonyl (C=O) groups excluding carboxylic acids is 1. The second-order valence-electron chi connectivity index (χ2n) is 8.13. The summed E-state index contributed by atoms with van der Waals surface area (Å²) in [6.45, 7) is 6.71. The molecule has 0 spiro atoms. The second-order valence-corrected chi connectivity index (χ2v) is 9.58. The molecular weight excluding hydrogens is 496 g/mol. The van der Waals surface area contributed by atoms with Crippen LogP contribution in [0.2, 0.25) is 5.02 Å². The molecule has 1 amide bonds. The summed E-state index contributed by atoms with van der Waals surface area (Å²) < 4.78 is 7.47. The average Bonchev–Trinajstić information content (AvgIpc) is 3.17. The Labute approximate surface area is 217 Å². The van der Waals surface area contributed by atoms with E-state index in [0.717, 1.165) is 11.1 Å². The van der Waals surface area contributed by atoms with E-state index in [2.05, 4.69) is 4.99 Å². The van der Waals surface area contributed by atoms with Gasteiger partial charge in [-0.1, -0.05) is 47.2 Å². The Bertz CT molecular complexity index is 1540. The number of allylic oxidation sites excluding steroid dienone is 1. The molecule has 0 saturated heterocycles. The van der Waals surface area contributed by atoms with Crippen LogP contribution in [0.25, 0.3) is 6.08 Å². The maximum Gasteiger partial charge on any atom is 0.271 e. The van der Waals surface area contributed by atoms with Gasteiger partial charge in [0.1, 0.15) is 11.8 Å². The van der Waals surface area contributed by atoms with Crippen LogP contribution in [0, 0.1) is 11.3 Å². The van der Waals surface area contributed by atoms with Crippen molar-refractivity contribution in [2.45, 2.75) is 26.8 Å². The van der Waals surface area contributed by atoms with E-state index in [9.17, 15) is 9.59 Å². The number of nitrogens with zero attached hydrogens (tertiary/aromatic N) is 4. The Kier molecular flexibility index (Phi) is 7.73. The van der Waals surface area contributed by atoms with E-state index in [1.54, 1.807) is 45.9 Å². The number of aromatic nitrogens is 1. The first kappa shape index (κ1) is 25.4. The van der Waals surface area contributed by atoms with Gasteiger partial charge in [-0.2, -0.15) is 5.26 Å². The molecule has 7 nitrogen and oxygen atoms in total. The van der Waals surface area contributed by atoms with Gasteiger partial charge >= 0.3 is 0 Å². The fourth-order valence-electron chi connectivity index (χ4n) is 4.20. The number of amides is 1. The smallest absolute Gasteiger partial charge is 0.271 e. The number of nitriles is 1. The van der Waals surface area contributed by atoms with E-state index >= 15 is 0 Å². The van der Waals surface area contributed by atoms with Crippen LogP contribution < -0.4 is 19.6 Å². The summed E-state index contributed by atoms with van der Waals surface area (Å²) in [7, 11) is 0. The standard InChI is InChI=1S/C27H25ClN4O3S/c1-4-31(5-2)26(34)23-17(3)30-27-32(24(23)19-9-11-20(28)12-10-19)25(33)22(36-27)16-18-7-6-8-21(15-18)35-14-13-29/h6-12,15-16,24H,4-5,14H2,1-3H3/b22-16+/t24-/m0/s1. The van der Waals surface area contributed by atoms with Crippen LogP contribution in [-0.4, -0.2) is 35.1 Å². The highest BCUT2D eigenvalue weighted by molar-refractivity contribution is 7.07. The lowest BCUT2D eigenvalue weighted by atomic mass is 9.94. The van der Waals surface area contributed by atoms with E-state index in [0.29, 0.717) is 44.5 Å². The Morgan fingerprint density at radius 3 is 2.64 bits per heavy atom. The van der Waals surface area contributed by atoms with Crippen LogP contribution in [0.4, 0.5) is 0 Å². The van der Waals surface area contributed by atoms with Crippen LogP contribution in [0.1, 0.15) is 37.9 Å². The summed E-state index contributed by atoms with van der Waals surface area (Å²) in [5, 5.41) is 9.34. The summed E-state index contributed by atoms with van der Waals surface area (Å²) in [4.78, 5) is 34.3. The van der Waals surface area contributed by atoms with Gasteiger partial charge in [0.15, 0.2) is 11.4 Å². The number of carbonyl (C=O) groups is 1. The SMILES string of the molecule is CCN(CC)C(=O)C1=C(C)N=c2s/c(=C/c3cccc(OCC#N)c3)c(=O)n2[C@H]1c1ccc(Cl)cc1. The van der Waals surface area contributed by atoms with E-state index in [-0.39, 0.29) is 18.1 Å². The highest BCUT2D eigenvalue weighted by atomic mass is 35.5. The summed E-state index contributed by atoms with van der Waals surface area (Å²) in [6, 6.07) is 15.7. The molecule has 9 heteroatoms. The number of rotatable bonds is 7. The van der Waals surface area contributed by atoms with Crippen molar-refractivity contribution in [3.05, 3.63) is 95.6 Å². The average molecular weight is 521 g/mol. The topological polar surface area (TPSA) is 87.7 Å². The first-order valence-corrected chi connectivity index (χ1v) is 12.7. The number of fused-ring (bicyclic) bond motifs is 1. The molecule has 1 aromatic heterocycles. The van der Waals surface area contributed by atoms with Crippen LogP contribution in [0.5, 0.6) is 5.75 Å². The fourth-order valence-corrected chi connectivity index (χ4v) is 5.37. The van der Waals surface area contributed by atoms with Crippen LogP contribution >= 0.6 is 22.9 Å². The lowest BCUT2D eigenvalue weighted by molar-refractivity contribution is -0.127. The van der Waals surface area contributed by atoms with Gasteiger partial charge in [0.25, 0.3) is 11.5 Å². The zero-order valence-corrected chi connectivity index (χ0v) is 21.8. The lowest BCUT2D eigenvalue weighted by Crippen LogP contribution is -2.43. The van der Waals surface area contributed by atoms with Crippen molar-refractivity contribution >= 4 is 34.9 Å². The molecule has 1 atom stereocenters. The Morgan fingerprint density at radius 2 is 1.97 bits per heavy atom. The van der Waals surface area contributed by atoms with E-state index in [1.165, 1.54) is 11.3 Å². The van der Waals surface area contributed by atoms with Crippen LogP contribution in [0.3, 0.4) is 0 Å². The Morgan fingerprint density at radius 1 is 1.25 bits per heavy atom. The second kappa shape index (κ2) is 10.9. The molecule has 0 unspecified atom stereocenters. The van der Waals surface area contributed by atoms with Crippen molar-refractivity contribution in [1.82, 2.24) is 9.47 Å². The summed E-state index contributed by atoms with van der Waals surface area (Å²) >= 11 is 7.41. The molecule has 2 aromatic carbocycles. The van der Waals surface area contributed by atoms with Gasteiger partial charge in [-0.3, -0.25) is 14.2 Å².